The van der Waals surface area contributed by atoms with Crippen molar-refractivity contribution in [1.29, 1.82) is 0 Å². The molecule has 0 bridgehead atoms. The van der Waals surface area contributed by atoms with E-state index in [1.165, 1.54) is 18.4 Å². The molecule has 3 N–H and O–H groups in total. The lowest BCUT2D eigenvalue weighted by Crippen LogP contribution is -2.31. The molecule has 0 aromatic carbocycles. The van der Waals surface area contributed by atoms with Gasteiger partial charge in [-0.2, -0.15) is 0 Å². The van der Waals surface area contributed by atoms with Gasteiger partial charge in [-0.25, -0.2) is 0 Å². The number of anilines is 2. The van der Waals surface area contributed by atoms with E-state index in [4.69, 9.17) is 5.73 Å². The lowest BCUT2D eigenvalue weighted by atomic mass is 10.1. The van der Waals surface area contributed by atoms with E-state index in [2.05, 4.69) is 31.2 Å². The molecule has 0 aliphatic heterocycles. The summed E-state index contributed by atoms with van der Waals surface area (Å²) in [5, 5.41) is 4.67. The number of hydrogen-bond acceptors (Lipinski definition) is 5. The molecule has 0 radical (unpaired) electrons. The van der Waals surface area contributed by atoms with Crippen LogP contribution in [-0.4, -0.2) is 37.4 Å². The molecular formula is C16H25N3OS. The van der Waals surface area contributed by atoms with Crippen molar-refractivity contribution in [2.75, 3.05) is 31.7 Å². The molecule has 116 valence electrons. The van der Waals surface area contributed by atoms with Gasteiger partial charge in [-0.1, -0.05) is 0 Å². The Hall–Kier alpha value is -1.07. The average Bonchev–Trinajstić information content (AvgIpc) is 3.33. The third-order valence-corrected chi connectivity index (χ3v) is 5.77. The fourth-order valence-corrected chi connectivity index (χ4v) is 3.74. The highest BCUT2D eigenvalue weighted by atomic mass is 32.1. The van der Waals surface area contributed by atoms with Crippen LogP contribution < -0.4 is 11.1 Å². The first kappa shape index (κ1) is 14.9. The molecule has 1 aromatic rings. The second kappa shape index (κ2) is 5.61. The Morgan fingerprint density at radius 2 is 2.05 bits per heavy atom. The predicted molar refractivity (Wildman–Crippen MR) is 89.4 cm³/mol. The van der Waals surface area contributed by atoms with E-state index in [-0.39, 0.29) is 11.7 Å². The molecule has 5 heteroatoms. The molecule has 0 spiro atoms. The largest absolute Gasteiger partial charge is 0.397 e. The van der Waals surface area contributed by atoms with Crippen LogP contribution >= 0.6 is 11.3 Å². The lowest BCUT2D eigenvalue weighted by molar-refractivity contribution is 0.0972. The van der Waals surface area contributed by atoms with E-state index in [1.807, 2.05) is 0 Å². The summed E-state index contributed by atoms with van der Waals surface area (Å²) < 4.78 is 0. The monoisotopic (exact) mass is 307 g/mol. The van der Waals surface area contributed by atoms with Gasteiger partial charge in [0.15, 0.2) is 5.78 Å². The zero-order valence-corrected chi connectivity index (χ0v) is 13.9. The van der Waals surface area contributed by atoms with Gasteiger partial charge in [0.25, 0.3) is 0 Å². The zero-order chi connectivity index (χ0) is 15.1. The quantitative estimate of drug-likeness (QED) is 0.760. The van der Waals surface area contributed by atoms with E-state index >= 15 is 0 Å². The van der Waals surface area contributed by atoms with Crippen LogP contribution in [0.2, 0.25) is 0 Å². The summed E-state index contributed by atoms with van der Waals surface area (Å²) in [5.41, 5.74) is 8.30. The highest BCUT2D eigenvalue weighted by molar-refractivity contribution is 7.18. The molecule has 2 saturated carbocycles. The minimum Gasteiger partial charge on any atom is -0.397 e. The van der Waals surface area contributed by atoms with Gasteiger partial charge in [-0.05, 0) is 52.6 Å². The Bertz CT molecular complexity index is 544. The molecule has 1 unspecified atom stereocenters. The van der Waals surface area contributed by atoms with Crippen molar-refractivity contribution in [3.05, 3.63) is 10.4 Å². The summed E-state index contributed by atoms with van der Waals surface area (Å²) in [6.07, 6.45) is 4.48. The van der Waals surface area contributed by atoms with Crippen LogP contribution in [0.25, 0.3) is 0 Å². The minimum absolute atomic E-state index is 0.242. The standard InChI is InChI=1S/C16H25N3OS/c1-9(19(2)3)8-18-16-12(10-4-5-10)13(17)15(21-16)14(20)11-6-7-11/h9-11,18H,4-8,17H2,1-3H3. The van der Waals surface area contributed by atoms with E-state index in [0.717, 1.165) is 35.0 Å². The van der Waals surface area contributed by atoms with Crippen molar-refractivity contribution in [3.8, 4) is 0 Å². The van der Waals surface area contributed by atoms with Crippen LogP contribution in [0.4, 0.5) is 10.7 Å². The number of nitrogens with two attached hydrogens (primary N) is 1. The van der Waals surface area contributed by atoms with Crippen molar-refractivity contribution in [2.45, 2.75) is 44.6 Å². The summed E-state index contributed by atoms with van der Waals surface area (Å²) in [6.45, 7) is 3.07. The second-order valence-electron chi connectivity index (χ2n) is 6.69. The molecule has 1 atom stereocenters. The van der Waals surface area contributed by atoms with Crippen LogP contribution in [0.3, 0.4) is 0 Å². The first-order valence-electron chi connectivity index (χ1n) is 7.85. The Labute approximate surface area is 130 Å². The summed E-state index contributed by atoms with van der Waals surface area (Å²) in [5.74, 6) is 1.08. The number of rotatable bonds is 7. The number of nitrogens with one attached hydrogen (secondary N) is 1. The SMILES string of the molecule is CC(CNc1sc(C(=O)C2CC2)c(N)c1C1CC1)N(C)C. The third-order valence-electron chi connectivity index (χ3n) is 4.58. The topological polar surface area (TPSA) is 58.4 Å². The van der Waals surface area contributed by atoms with Crippen LogP contribution in [0.1, 0.15) is 53.8 Å². The molecule has 2 aliphatic rings. The van der Waals surface area contributed by atoms with Crippen LogP contribution in [0, 0.1) is 5.92 Å². The lowest BCUT2D eigenvalue weighted by Gasteiger charge is -2.20. The van der Waals surface area contributed by atoms with Crippen LogP contribution in [0.5, 0.6) is 0 Å². The highest BCUT2D eigenvalue weighted by Crippen LogP contribution is 2.52. The van der Waals surface area contributed by atoms with Crippen molar-refractivity contribution in [2.24, 2.45) is 5.92 Å². The minimum atomic E-state index is 0.242. The normalized spacial score (nSPS) is 19.8. The van der Waals surface area contributed by atoms with Gasteiger partial charge in [0.05, 0.1) is 15.6 Å². The van der Waals surface area contributed by atoms with Crippen molar-refractivity contribution < 1.29 is 4.79 Å². The fraction of sp³-hybridized carbons (Fsp3) is 0.688. The van der Waals surface area contributed by atoms with Crippen LogP contribution in [0.15, 0.2) is 0 Å². The number of hydrogen-bond donors (Lipinski definition) is 2. The number of nitrogens with zero attached hydrogens (tertiary/aromatic N) is 1. The van der Waals surface area contributed by atoms with Gasteiger partial charge in [0, 0.05) is 24.1 Å². The zero-order valence-electron chi connectivity index (χ0n) is 13.1. The van der Waals surface area contributed by atoms with Gasteiger partial charge >= 0.3 is 0 Å². The maximum absolute atomic E-state index is 12.4. The predicted octanol–water partition coefficient (Wildman–Crippen LogP) is 3.16. The fourth-order valence-electron chi connectivity index (χ4n) is 2.50. The Morgan fingerprint density at radius 3 is 2.57 bits per heavy atom. The smallest absolute Gasteiger partial charge is 0.178 e. The Morgan fingerprint density at radius 1 is 1.38 bits per heavy atom. The summed E-state index contributed by atoms with van der Waals surface area (Å²) in [4.78, 5) is 15.4. The van der Waals surface area contributed by atoms with E-state index < -0.39 is 0 Å². The molecule has 3 rings (SSSR count). The highest BCUT2D eigenvalue weighted by Gasteiger charge is 2.37. The van der Waals surface area contributed by atoms with Gasteiger partial charge in [0.2, 0.25) is 0 Å². The average molecular weight is 307 g/mol. The molecule has 1 aromatic heterocycles. The number of Topliss-reactive ketones (excluding diaryl/α,β-unsaturated/α-hetero) is 1. The summed E-state index contributed by atoms with van der Waals surface area (Å²) >= 11 is 1.58. The number of carbonyl (C=O) groups excluding carboxylic acids is 1. The maximum atomic E-state index is 12.4. The molecule has 2 aliphatic carbocycles. The Balaban J connectivity index is 1.81. The number of nitrogen functional groups attached to an aromatic ring is 1. The molecule has 2 fully saturated rings. The van der Waals surface area contributed by atoms with Crippen LogP contribution in [-0.2, 0) is 0 Å². The first-order valence-corrected chi connectivity index (χ1v) is 8.67. The maximum Gasteiger partial charge on any atom is 0.178 e. The van der Waals surface area contributed by atoms with E-state index in [0.29, 0.717) is 12.0 Å². The third kappa shape index (κ3) is 3.09. The molecule has 0 amide bonds. The molecule has 1 heterocycles. The van der Waals surface area contributed by atoms with Gasteiger partial charge in [-0.3, -0.25) is 4.79 Å². The van der Waals surface area contributed by atoms with Crippen molar-refractivity contribution in [3.63, 3.8) is 0 Å². The van der Waals surface area contributed by atoms with E-state index in [1.54, 1.807) is 11.3 Å². The number of likely N-dealkylation sites (N-methyl/N-ethyl adjacent to an activating group) is 1. The van der Waals surface area contributed by atoms with Gasteiger partial charge in [-0.15, -0.1) is 11.3 Å². The number of thiophene rings is 1. The molecule has 0 saturated heterocycles. The van der Waals surface area contributed by atoms with Crippen molar-refractivity contribution in [1.82, 2.24) is 4.90 Å². The van der Waals surface area contributed by atoms with E-state index in [9.17, 15) is 4.79 Å². The Kier molecular flexibility index (Phi) is 3.97. The molecule has 4 nitrogen and oxygen atoms in total. The summed E-state index contributed by atoms with van der Waals surface area (Å²) in [6, 6.07) is 0.447. The molecule has 21 heavy (non-hydrogen) atoms. The van der Waals surface area contributed by atoms with Gasteiger partial charge < -0.3 is 16.0 Å². The van der Waals surface area contributed by atoms with Gasteiger partial charge in [0.1, 0.15) is 0 Å². The molecular weight excluding hydrogens is 282 g/mol. The first-order chi connectivity index (χ1) is 9.99. The second-order valence-corrected chi connectivity index (χ2v) is 7.71. The summed E-state index contributed by atoms with van der Waals surface area (Å²) in [7, 11) is 4.16. The van der Waals surface area contributed by atoms with Crippen molar-refractivity contribution >= 4 is 27.8 Å². The number of carbonyl (C=O) groups is 1. The number of ketones is 1.